The molecule has 2 saturated heterocycles. The minimum atomic E-state index is 0.117. The zero-order valence-electron chi connectivity index (χ0n) is 23.6. The molecule has 3 heterocycles. The molecule has 4 nitrogen and oxygen atoms in total. The Labute approximate surface area is 205 Å². The van der Waals surface area contributed by atoms with E-state index >= 15 is 0 Å². The first-order chi connectivity index (χ1) is 15.2. The zero-order chi connectivity index (χ0) is 24.8. The molecule has 0 aromatic heterocycles. The van der Waals surface area contributed by atoms with Crippen molar-refractivity contribution in [1.29, 1.82) is 0 Å². The lowest BCUT2D eigenvalue weighted by atomic mass is 9.67. The van der Waals surface area contributed by atoms with E-state index in [1.54, 1.807) is 11.1 Å². The molecule has 0 aromatic rings. The van der Waals surface area contributed by atoms with E-state index < -0.39 is 0 Å². The van der Waals surface area contributed by atoms with Crippen LogP contribution in [0.15, 0.2) is 11.1 Å². The summed E-state index contributed by atoms with van der Waals surface area (Å²) in [5.41, 5.74) is 4.19. The molecule has 0 aromatic carbocycles. The van der Waals surface area contributed by atoms with Gasteiger partial charge in [0.1, 0.15) is 0 Å². The lowest BCUT2D eigenvalue weighted by Gasteiger charge is -2.45. The minimum absolute atomic E-state index is 0.117. The predicted molar refractivity (Wildman–Crippen MR) is 142 cm³/mol. The first-order valence-corrected chi connectivity index (χ1v) is 13.8. The van der Waals surface area contributed by atoms with Crippen molar-refractivity contribution >= 4 is 0 Å². The molecular weight excluding hydrogens is 406 g/mol. The van der Waals surface area contributed by atoms with Gasteiger partial charge in [0.2, 0.25) is 0 Å². The second-order valence-corrected chi connectivity index (χ2v) is 13.5. The quantitative estimate of drug-likeness (QED) is 0.480. The van der Waals surface area contributed by atoms with Crippen LogP contribution in [0.4, 0.5) is 0 Å². The van der Waals surface area contributed by atoms with Gasteiger partial charge in [0.15, 0.2) is 0 Å². The van der Waals surface area contributed by atoms with Crippen LogP contribution in [-0.4, -0.2) is 70.9 Å². The summed E-state index contributed by atoms with van der Waals surface area (Å²) >= 11 is 0. The van der Waals surface area contributed by atoms with Crippen molar-refractivity contribution < 1.29 is 5.11 Å². The summed E-state index contributed by atoms with van der Waals surface area (Å²) in [6.07, 6.45) is 4.79. The van der Waals surface area contributed by atoms with E-state index in [0.717, 1.165) is 51.5 Å². The van der Waals surface area contributed by atoms with Gasteiger partial charge >= 0.3 is 0 Å². The van der Waals surface area contributed by atoms with Crippen LogP contribution in [-0.2, 0) is 0 Å². The molecule has 4 heteroatoms. The lowest BCUT2D eigenvalue weighted by molar-refractivity contribution is 0.0505. The van der Waals surface area contributed by atoms with Crippen LogP contribution in [0.25, 0.3) is 0 Å². The summed E-state index contributed by atoms with van der Waals surface area (Å²) in [5.74, 6) is 2.05. The van der Waals surface area contributed by atoms with E-state index in [-0.39, 0.29) is 28.6 Å². The Kier molecular flexibility index (Phi) is 7.87. The third-order valence-electron chi connectivity index (χ3n) is 10.4. The van der Waals surface area contributed by atoms with E-state index in [4.69, 9.17) is 0 Å². The van der Waals surface area contributed by atoms with Gasteiger partial charge in [-0.1, -0.05) is 47.1 Å². The van der Waals surface area contributed by atoms with E-state index in [0.29, 0.717) is 11.8 Å². The molecule has 3 aliphatic heterocycles. The van der Waals surface area contributed by atoms with Gasteiger partial charge in [-0.2, -0.15) is 0 Å². The summed E-state index contributed by atoms with van der Waals surface area (Å²) in [5, 5.41) is 13.6. The Morgan fingerprint density at radius 3 is 2.24 bits per heavy atom. The monoisotopic (exact) mass is 461 g/mol. The fourth-order valence-corrected chi connectivity index (χ4v) is 8.25. The Bertz CT molecular complexity index is 723. The van der Waals surface area contributed by atoms with E-state index in [2.05, 4.69) is 84.4 Å². The highest BCUT2D eigenvalue weighted by Crippen LogP contribution is 2.52. The maximum atomic E-state index is 9.83. The molecule has 33 heavy (non-hydrogen) atoms. The SMILES string of the molecule is CCC1=C(CC2(C)C(C(C)(C)C)CCN2CCO)CN(CC)C1(C)CC1CNC(C)(C)[C@H]1C. The van der Waals surface area contributed by atoms with Crippen LogP contribution in [0.5, 0.6) is 0 Å². The molecule has 2 fully saturated rings. The second kappa shape index (κ2) is 9.56. The average molecular weight is 462 g/mol. The van der Waals surface area contributed by atoms with Gasteiger partial charge < -0.3 is 10.4 Å². The number of aliphatic hydroxyl groups is 1. The van der Waals surface area contributed by atoms with Gasteiger partial charge in [-0.15, -0.1) is 0 Å². The molecule has 0 amide bonds. The van der Waals surface area contributed by atoms with Crippen molar-refractivity contribution in [1.82, 2.24) is 15.1 Å². The first-order valence-electron chi connectivity index (χ1n) is 13.8. The van der Waals surface area contributed by atoms with Crippen molar-refractivity contribution in [2.24, 2.45) is 23.2 Å². The molecule has 2 N–H and O–H groups in total. The predicted octanol–water partition coefficient (Wildman–Crippen LogP) is 5.32. The zero-order valence-corrected chi connectivity index (χ0v) is 23.6. The summed E-state index contributed by atoms with van der Waals surface area (Å²) in [6, 6.07) is 0. The Morgan fingerprint density at radius 1 is 1.09 bits per heavy atom. The highest BCUT2D eigenvalue weighted by Gasteiger charge is 2.52. The molecule has 5 atom stereocenters. The van der Waals surface area contributed by atoms with Gasteiger partial charge in [0.05, 0.1) is 6.61 Å². The number of likely N-dealkylation sites (N-methyl/N-ethyl adjacent to an activating group) is 1. The number of aliphatic hydroxyl groups excluding tert-OH is 1. The van der Waals surface area contributed by atoms with Crippen molar-refractivity contribution in [3.05, 3.63) is 11.1 Å². The van der Waals surface area contributed by atoms with Gasteiger partial charge in [-0.25, -0.2) is 0 Å². The second-order valence-electron chi connectivity index (χ2n) is 13.5. The van der Waals surface area contributed by atoms with Crippen LogP contribution < -0.4 is 5.32 Å². The largest absolute Gasteiger partial charge is 0.395 e. The summed E-state index contributed by atoms with van der Waals surface area (Å²) < 4.78 is 0. The number of likely N-dealkylation sites (tertiary alicyclic amines) is 1. The molecule has 0 bridgehead atoms. The number of hydrogen-bond acceptors (Lipinski definition) is 4. The molecule has 0 aliphatic carbocycles. The normalized spacial score (nSPS) is 38.1. The molecular formula is C29H55N3O. The molecule has 3 aliphatic rings. The lowest BCUT2D eigenvalue weighted by Crippen LogP contribution is -2.50. The first kappa shape index (κ1) is 27.2. The van der Waals surface area contributed by atoms with Gasteiger partial charge in [0.25, 0.3) is 0 Å². The Morgan fingerprint density at radius 2 is 1.76 bits per heavy atom. The maximum Gasteiger partial charge on any atom is 0.0558 e. The van der Waals surface area contributed by atoms with Crippen molar-refractivity contribution in [3.63, 3.8) is 0 Å². The fraction of sp³-hybridized carbons (Fsp3) is 0.931. The number of hydrogen-bond donors (Lipinski definition) is 2. The molecule has 0 saturated carbocycles. The van der Waals surface area contributed by atoms with Crippen LogP contribution in [0.2, 0.25) is 0 Å². The van der Waals surface area contributed by atoms with Crippen LogP contribution >= 0.6 is 0 Å². The van der Waals surface area contributed by atoms with Gasteiger partial charge in [-0.3, -0.25) is 9.80 Å². The molecule has 3 rings (SSSR count). The van der Waals surface area contributed by atoms with E-state index in [1.165, 1.54) is 12.8 Å². The number of nitrogens with zero attached hydrogens (tertiary/aromatic N) is 2. The number of nitrogens with one attached hydrogen (secondary N) is 1. The fourth-order valence-electron chi connectivity index (χ4n) is 8.25. The molecule has 4 unspecified atom stereocenters. The third-order valence-corrected chi connectivity index (χ3v) is 10.4. The smallest absolute Gasteiger partial charge is 0.0558 e. The van der Waals surface area contributed by atoms with E-state index in [1.807, 2.05) is 0 Å². The molecule has 0 spiro atoms. The summed E-state index contributed by atoms with van der Waals surface area (Å²) in [6.45, 7) is 29.8. The number of rotatable bonds is 8. The van der Waals surface area contributed by atoms with Crippen LogP contribution in [0.3, 0.4) is 0 Å². The van der Waals surface area contributed by atoms with Crippen LogP contribution in [0.1, 0.15) is 94.9 Å². The molecule has 0 radical (unpaired) electrons. The highest BCUT2D eigenvalue weighted by atomic mass is 16.3. The Hall–Kier alpha value is -0.420. The van der Waals surface area contributed by atoms with Crippen molar-refractivity contribution in [3.8, 4) is 0 Å². The standard InChI is InChI=1S/C29H55N3O/c1-11-24-23(18-29(10)25(26(4,5)6)13-14-32(29)15-16-33)20-31(12-2)28(24,9)17-22-19-30-27(7,8)21(22)3/h21-22,25,30,33H,11-20H2,1-10H3/t21-,22?,25?,28?,29?/m0/s1. The van der Waals surface area contributed by atoms with Crippen LogP contribution in [0, 0.1) is 23.2 Å². The average Bonchev–Trinajstić information content (AvgIpc) is 3.27. The van der Waals surface area contributed by atoms with Crippen molar-refractivity contribution in [2.75, 3.05) is 39.3 Å². The number of β-amino-alcohol motifs (C(OH)–C–C–N with tert-alkyl or cyclic N) is 1. The minimum Gasteiger partial charge on any atom is -0.395 e. The van der Waals surface area contributed by atoms with Gasteiger partial charge in [-0.05, 0) is 102 Å². The van der Waals surface area contributed by atoms with Gasteiger partial charge in [0, 0.05) is 29.7 Å². The maximum absolute atomic E-state index is 9.83. The Balaban J connectivity index is 1.95. The molecule has 192 valence electrons. The topological polar surface area (TPSA) is 38.7 Å². The summed E-state index contributed by atoms with van der Waals surface area (Å²) in [7, 11) is 0. The van der Waals surface area contributed by atoms with Crippen molar-refractivity contribution in [2.45, 2.75) is 112 Å². The van der Waals surface area contributed by atoms with E-state index in [9.17, 15) is 5.11 Å². The third kappa shape index (κ3) is 4.84. The summed E-state index contributed by atoms with van der Waals surface area (Å²) in [4.78, 5) is 5.39. The highest BCUT2D eigenvalue weighted by molar-refractivity contribution is 5.35.